The molecule has 0 bridgehead atoms. The lowest BCUT2D eigenvalue weighted by Gasteiger charge is -2.03. The van der Waals surface area contributed by atoms with Crippen molar-refractivity contribution in [3.05, 3.63) is 42.4 Å². The van der Waals surface area contributed by atoms with Gasteiger partial charge in [0.1, 0.15) is 18.7 Å². The van der Waals surface area contributed by atoms with Crippen LogP contribution >= 0.6 is 0 Å². The maximum atomic E-state index is 5.23. The summed E-state index contributed by atoms with van der Waals surface area (Å²) in [7, 11) is 0. The van der Waals surface area contributed by atoms with E-state index >= 15 is 0 Å². The molecular formula is C12H10N2O. The number of aromatic nitrogens is 2. The first-order valence-electron chi connectivity index (χ1n) is 4.87. The van der Waals surface area contributed by atoms with E-state index in [1.54, 1.807) is 6.26 Å². The average molecular weight is 198 g/mol. The molecular weight excluding hydrogens is 188 g/mol. The molecule has 15 heavy (non-hydrogen) atoms. The van der Waals surface area contributed by atoms with Crippen LogP contribution in [0.3, 0.4) is 0 Å². The highest BCUT2D eigenvalue weighted by Gasteiger charge is 2.06. The van der Waals surface area contributed by atoms with Gasteiger partial charge in [-0.3, -0.25) is 4.57 Å². The van der Waals surface area contributed by atoms with Crippen molar-refractivity contribution < 1.29 is 4.74 Å². The van der Waals surface area contributed by atoms with Crippen LogP contribution < -0.4 is 0 Å². The number of para-hydroxylation sites is 2. The highest BCUT2D eigenvalue weighted by Crippen LogP contribution is 2.18. The third kappa shape index (κ3) is 1.32. The fraction of sp³-hybridized carbons (Fsp3) is 0.0833. The van der Waals surface area contributed by atoms with Crippen molar-refractivity contribution in [2.75, 3.05) is 6.61 Å². The van der Waals surface area contributed by atoms with E-state index in [4.69, 9.17) is 4.74 Å². The van der Waals surface area contributed by atoms with Crippen molar-refractivity contribution in [2.24, 2.45) is 0 Å². The Kier molecular flexibility index (Phi) is 1.81. The molecule has 2 heterocycles. The molecule has 0 spiro atoms. The van der Waals surface area contributed by atoms with Crippen molar-refractivity contribution >= 4 is 23.3 Å². The molecule has 0 unspecified atom stereocenters. The zero-order valence-electron chi connectivity index (χ0n) is 8.13. The lowest BCUT2D eigenvalue weighted by molar-refractivity contribution is 0.291. The van der Waals surface area contributed by atoms with Gasteiger partial charge >= 0.3 is 0 Å². The average Bonchev–Trinajstić information content (AvgIpc) is 2.55. The molecule has 0 amide bonds. The number of hydrogen-bond acceptors (Lipinski definition) is 2. The molecule has 3 rings (SSSR count). The van der Waals surface area contributed by atoms with Crippen LogP contribution in [0.4, 0.5) is 0 Å². The summed E-state index contributed by atoms with van der Waals surface area (Å²) in [4.78, 5) is 4.52. The van der Waals surface area contributed by atoms with Gasteiger partial charge in [-0.15, -0.1) is 0 Å². The van der Waals surface area contributed by atoms with Crippen molar-refractivity contribution in [3.63, 3.8) is 0 Å². The molecule has 0 fully saturated rings. The summed E-state index contributed by atoms with van der Waals surface area (Å²) in [6.45, 7) is 0.597. The molecule has 0 radical (unpaired) electrons. The van der Waals surface area contributed by atoms with E-state index in [9.17, 15) is 0 Å². The highest BCUT2D eigenvalue weighted by atomic mass is 16.5. The number of hydrogen-bond donors (Lipinski definition) is 0. The van der Waals surface area contributed by atoms with E-state index in [0.29, 0.717) is 6.61 Å². The second kappa shape index (κ2) is 3.28. The quantitative estimate of drug-likeness (QED) is 0.650. The fourth-order valence-electron chi connectivity index (χ4n) is 1.71. The normalized spacial score (nSPS) is 14.4. The molecule has 1 aromatic carbocycles. The maximum Gasteiger partial charge on any atom is 0.137 e. The molecule has 1 aliphatic heterocycles. The minimum Gasteiger partial charge on any atom is -0.496 e. The highest BCUT2D eigenvalue weighted by molar-refractivity contribution is 5.80. The lowest BCUT2D eigenvalue weighted by atomic mass is 10.3. The summed E-state index contributed by atoms with van der Waals surface area (Å²) in [5.41, 5.74) is 2.10. The second-order valence-electron chi connectivity index (χ2n) is 3.35. The molecule has 3 heteroatoms. The molecule has 0 saturated heterocycles. The van der Waals surface area contributed by atoms with Crippen LogP contribution in [0.5, 0.6) is 0 Å². The minimum atomic E-state index is 0.597. The van der Waals surface area contributed by atoms with Crippen molar-refractivity contribution in [3.8, 4) is 0 Å². The molecule has 0 N–H and O–H groups in total. The van der Waals surface area contributed by atoms with E-state index < -0.39 is 0 Å². The van der Waals surface area contributed by atoms with Gasteiger partial charge < -0.3 is 4.74 Å². The number of rotatable bonds is 0. The zero-order valence-corrected chi connectivity index (χ0v) is 8.13. The summed E-state index contributed by atoms with van der Waals surface area (Å²) in [5.74, 6) is 0.941. The third-order valence-corrected chi connectivity index (χ3v) is 2.39. The Morgan fingerprint density at radius 3 is 3.20 bits per heavy atom. The number of imidazole rings is 1. The van der Waals surface area contributed by atoms with Crippen LogP contribution in [0, 0.1) is 0 Å². The summed E-state index contributed by atoms with van der Waals surface area (Å²) in [6.07, 6.45) is 7.53. The molecule has 1 aromatic heterocycles. The SMILES string of the molecule is C1=Cc2nc3ccccc3n2C=COC1. The first-order chi connectivity index (χ1) is 7.45. The van der Waals surface area contributed by atoms with E-state index in [2.05, 4.69) is 4.98 Å². The molecule has 0 atom stereocenters. The number of fused-ring (bicyclic) bond motifs is 3. The minimum absolute atomic E-state index is 0.597. The second-order valence-corrected chi connectivity index (χ2v) is 3.35. The Morgan fingerprint density at radius 2 is 2.20 bits per heavy atom. The van der Waals surface area contributed by atoms with E-state index in [-0.39, 0.29) is 0 Å². The fourth-order valence-corrected chi connectivity index (χ4v) is 1.71. The largest absolute Gasteiger partial charge is 0.496 e. The van der Waals surface area contributed by atoms with Gasteiger partial charge in [0.15, 0.2) is 0 Å². The van der Waals surface area contributed by atoms with Crippen LogP contribution in [-0.2, 0) is 4.74 Å². The first kappa shape index (κ1) is 8.29. The zero-order chi connectivity index (χ0) is 10.1. The van der Waals surface area contributed by atoms with Crippen LogP contribution in [0.25, 0.3) is 23.3 Å². The number of nitrogens with zero attached hydrogens (tertiary/aromatic N) is 2. The molecule has 3 nitrogen and oxygen atoms in total. The van der Waals surface area contributed by atoms with Crippen LogP contribution in [0.1, 0.15) is 5.82 Å². The Labute approximate surface area is 87.3 Å². The van der Waals surface area contributed by atoms with Crippen LogP contribution in [0.15, 0.2) is 36.6 Å². The molecule has 1 aliphatic rings. The third-order valence-electron chi connectivity index (χ3n) is 2.39. The van der Waals surface area contributed by atoms with Gasteiger partial charge in [0.05, 0.1) is 11.0 Å². The Hall–Kier alpha value is -2.03. The van der Waals surface area contributed by atoms with Gasteiger partial charge in [-0.1, -0.05) is 12.1 Å². The monoisotopic (exact) mass is 198 g/mol. The molecule has 0 aliphatic carbocycles. The summed E-state index contributed by atoms with van der Waals surface area (Å²) >= 11 is 0. The van der Waals surface area contributed by atoms with Crippen molar-refractivity contribution in [1.82, 2.24) is 9.55 Å². The Bertz CT molecular complexity index is 552. The molecule has 2 aromatic rings. The molecule has 74 valence electrons. The predicted molar refractivity (Wildman–Crippen MR) is 60.0 cm³/mol. The van der Waals surface area contributed by atoms with Gasteiger partial charge in [0, 0.05) is 6.20 Å². The van der Waals surface area contributed by atoms with Gasteiger partial charge in [-0.25, -0.2) is 4.98 Å². The van der Waals surface area contributed by atoms with Crippen LogP contribution in [0.2, 0.25) is 0 Å². The van der Waals surface area contributed by atoms with Gasteiger partial charge in [0.25, 0.3) is 0 Å². The summed E-state index contributed by atoms with van der Waals surface area (Å²) in [5, 5.41) is 0. The summed E-state index contributed by atoms with van der Waals surface area (Å²) in [6, 6.07) is 8.06. The first-order valence-corrected chi connectivity index (χ1v) is 4.87. The van der Waals surface area contributed by atoms with Crippen molar-refractivity contribution in [1.29, 1.82) is 0 Å². The Balaban J connectivity index is 2.33. The van der Waals surface area contributed by atoms with Crippen molar-refractivity contribution in [2.45, 2.75) is 0 Å². The predicted octanol–water partition coefficient (Wildman–Crippen LogP) is 2.51. The summed E-state index contributed by atoms with van der Waals surface area (Å²) < 4.78 is 7.25. The molecule has 0 saturated carbocycles. The smallest absolute Gasteiger partial charge is 0.137 e. The van der Waals surface area contributed by atoms with E-state index in [0.717, 1.165) is 16.9 Å². The van der Waals surface area contributed by atoms with E-state index in [1.807, 2.05) is 47.2 Å². The van der Waals surface area contributed by atoms with Gasteiger partial charge in [-0.05, 0) is 24.3 Å². The van der Waals surface area contributed by atoms with Gasteiger partial charge in [0.2, 0.25) is 0 Å². The Morgan fingerprint density at radius 1 is 1.27 bits per heavy atom. The van der Waals surface area contributed by atoms with Crippen LogP contribution in [-0.4, -0.2) is 16.2 Å². The number of ether oxygens (including phenoxy) is 1. The standard InChI is InChI=1S/C12H10N2O/c1-2-5-11-10(4-1)13-12-6-3-8-15-9-7-14(11)12/h1-7,9H,8H2. The number of benzene rings is 1. The van der Waals surface area contributed by atoms with Gasteiger partial charge in [-0.2, -0.15) is 0 Å². The lowest BCUT2D eigenvalue weighted by Crippen LogP contribution is -1.94. The van der Waals surface area contributed by atoms with E-state index in [1.165, 1.54) is 0 Å². The maximum absolute atomic E-state index is 5.23. The topological polar surface area (TPSA) is 27.1 Å².